The van der Waals surface area contributed by atoms with Crippen molar-refractivity contribution in [1.82, 2.24) is 5.32 Å². The molecule has 0 bridgehead atoms. The molecular formula is C11H21NS. The van der Waals surface area contributed by atoms with Gasteiger partial charge in [0.15, 0.2) is 0 Å². The van der Waals surface area contributed by atoms with E-state index in [9.17, 15) is 0 Å². The Hall–Kier alpha value is 0.0500. The maximum atomic E-state index is 3.49. The van der Waals surface area contributed by atoms with Crippen LogP contribution in [0.4, 0.5) is 0 Å². The minimum atomic E-state index is 0.874. The molecule has 1 atom stereocenters. The van der Waals surface area contributed by atoms with Gasteiger partial charge in [0.1, 0.15) is 0 Å². The average molecular weight is 199 g/mol. The fourth-order valence-corrected chi connectivity index (χ4v) is 2.76. The first-order valence-electron chi connectivity index (χ1n) is 5.24. The van der Waals surface area contributed by atoms with Crippen LogP contribution in [0.25, 0.3) is 0 Å². The van der Waals surface area contributed by atoms with Crippen molar-refractivity contribution in [2.24, 2.45) is 0 Å². The van der Waals surface area contributed by atoms with Crippen molar-refractivity contribution >= 4 is 11.8 Å². The van der Waals surface area contributed by atoms with E-state index in [-0.39, 0.29) is 0 Å². The quantitative estimate of drug-likeness (QED) is 0.552. The maximum absolute atomic E-state index is 3.49. The smallest absolute Gasteiger partial charge is 0.0172 e. The average Bonchev–Trinajstić information content (AvgIpc) is 2.14. The molecule has 0 radical (unpaired) electrons. The van der Waals surface area contributed by atoms with E-state index in [1.165, 1.54) is 37.1 Å². The topological polar surface area (TPSA) is 12.0 Å². The Morgan fingerprint density at radius 2 is 2.31 bits per heavy atom. The first kappa shape index (κ1) is 11.1. The number of nitrogens with one attached hydrogen (secondary N) is 1. The predicted molar refractivity (Wildman–Crippen MR) is 62.4 cm³/mol. The van der Waals surface area contributed by atoms with E-state index in [0.29, 0.717) is 0 Å². The second-order valence-electron chi connectivity index (χ2n) is 3.93. The van der Waals surface area contributed by atoms with E-state index >= 15 is 0 Å². The summed E-state index contributed by atoms with van der Waals surface area (Å²) in [6.45, 7) is 6.53. The highest BCUT2D eigenvalue weighted by Crippen LogP contribution is 2.24. The predicted octanol–water partition coefficient (Wildman–Crippen LogP) is 2.83. The van der Waals surface area contributed by atoms with Crippen molar-refractivity contribution in [3.8, 4) is 0 Å². The Kier molecular flexibility index (Phi) is 5.56. The van der Waals surface area contributed by atoms with Gasteiger partial charge in [-0.05, 0) is 32.4 Å². The molecule has 1 rings (SSSR count). The van der Waals surface area contributed by atoms with Gasteiger partial charge in [0.05, 0.1) is 0 Å². The molecule has 0 saturated carbocycles. The molecule has 0 aromatic carbocycles. The Labute approximate surface area is 86.4 Å². The summed E-state index contributed by atoms with van der Waals surface area (Å²) in [5, 5.41) is 4.36. The van der Waals surface area contributed by atoms with Gasteiger partial charge in [0, 0.05) is 18.3 Å². The van der Waals surface area contributed by atoms with Crippen molar-refractivity contribution < 1.29 is 0 Å². The molecule has 1 aliphatic heterocycles. The van der Waals surface area contributed by atoms with Crippen LogP contribution in [0.2, 0.25) is 0 Å². The summed E-state index contributed by atoms with van der Waals surface area (Å²) in [7, 11) is 0. The van der Waals surface area contributed by atoms with Crippen molar-refractivity contribution in [2.45, 2.75) is 38.4 Å². The summed E-state index contributed by atoms with van der Waals surface area (Å²) in [4.78, 5) is 0. The Morgan fingerprint density at radius 3 is 2.92 bits per heavy atom. The number of hydrogen-bond donors (Lipinski definition) is 1. The molecule has 76 valence electrons. The van der Waals surface area contributed by atoms with Crippen LogP contribution in [0.3, 0.4) is 0 Å². The molecule has 1 nitrogen and oxygen atoms in total. The summed E-state index contributed by atoms with van der Waals surface area (Å²) in [6, 6.07) is 0. The molecule has 1 N–H and O–H groups in total. The lowest BCUT2D eigenvalue weighted by atomic mass is 10.2. The zero-order valence-corrected chi connectivity index (χ0v) is 9.62. The summed E-state index contributed by atoms with van der Waals surface area (Å²) >= 11 is 2.14. The zero-order chi connectivity index (χ0) is 9.52. The molecule has 1 unspecified atom stereocenters. The van der Waals surface area contributed by atoms with Gasteiger partial charge in [-0.2, -0.15) is 11.8 Å². The fourth-order valence-electron chi connectivity index (χ4n) is 1.49. The molecule has 0 aromatic heterocycles. The second-order valence-corrected chi connectivity index (χ2v) is 5.34. The monoisotopic (exact) mass is 199 g/mol. The van der Waals surface area contributed by atoms with Crippen molar-refractivity contribution in [2.75, 3.05) is 18.8 Å². The van der Waals surface area contributed by atoms with E-state index in [0.717, 1.165) is 11.8 Å². The summed E-state index contributed by atoms with van der Waals surface area (Å²) in [6.07, 6.45) is 6.52. The summed E-state index contributed by atoms with van der Waals surface area (Å²) < 4.78 is 0. The Bertz CT molecular complexity index is 155. The molecule has 2 heteroatoms. The van der Waals surface area contributed by atoms with Gasteiger partial charge in [-0.3, -0.25) is 0 Å². The molecule has 0 aromatic rings. The third-order valence-electron chi connectivity index (χ3n) is 2.30. The molecule has 1 aliphatic rings. The van der Waals surface area contributed by atoms with E-state index < -0.39 is 0 Å². The van der Waals surface area contributed by atoms with Gasteiger partial charge in [-0.1, -0.05) is 18.1 Å². The van der Waals surface area contributed by atoms with Gasteiger partial charge in [0.25, 0.3) is 0 Å². The van der Waals surface area contributed by atoms with Crippen LogP contribution in [0.1, 0.15) is 33.1 Å². The maximum Gasteiger partial charge on any atom is 0.0172 e. The van der Waals surface area contributed by atoms with Crippen LogP contribution < -0.4 is 5.32 Å². The van der Waals surface area contributed by atoms with Crippen LogP contribution in [-0.2, 0) is 0 Å². The Balaban J connectivity index is 2.01. The highest BCUT2D eigenvalue weighted by Gasteiger charge is 2.12. The van der Waals surface area contributed by atoms with Gasteiger partial charge in [-0.25, -0.2) is 0 Å². The van der Waals surface area contributed by atoms with Gasteiger partial charge in [-0.15, -0.1) is 0 Å². The largest absolute Gasteiger partial charge is 0.312 e. The van der Waals surface area contributed by atoms with Crippen LogP contribution in [0, 0.1) is 0 Å². The molecule has 1 heterocycles. The molecule has 0 amide bonds. The first-order valence-corrected chi connectivity index (χ1v) is 6.29. The van der Waals surface area contributed by atoms with E-state index in [4.69, 9.17) is 0 Å². The lowest BCUT2D eigenvalue weighted by Gasteiger charge is -2.21. The minimum absolute atomic E-state index is 0.874. The molecule has 1 fully saturated rings. The van der Waals surface area contributed by atoms with Crippen molar-refractivity contribution in [3.63, 3.8) is 0 Å². The number of rotatable bonds is 4. The highest BCUT2D eigenvalue weighted by atomic mass is 32.2. The molecule has 13 heavy (non-hydrogen) atoms. The minimum Gasteiger partial charge on any atom is -0.312 e. The van der Waals surface area contributed by atoms with E-state index in [1.54, 1.807) is 0 Å². The highest BCUT2D eigenvalue weighted by molar-refractivity contribution is 7.99. The molecule has 0 spiro atoms. The van der Waals surface area contributed by atoms with E-state index in [1.807, 2.05) is 0 Å². The molecule has 1 saturated heterocycles. The lowest BCUT2D eigenvalue weighted by molar-refractivity contribution is 0.618. The lowest BCUT2D eigenvalue weighted by Crippen LogP contribution is -2.26. The van der Waals surface area contributed by atoms with Gasteiger partial charge < -0.3 is 5.32 Å². The van der Waals surface area contributed by atoms with E-state index in [2.05, 4.69) is 37.0 Å². The van der Waals surface area contributed by atoms with Crippen LogP contribution in [0.5, 0.6) is 0 Å². The molecular weight excluding hydrogens is 178 g/mol. The van der Waals surface area contributed by atoms with Crippen LogP contribution in [-0.4, -0.2) is 24.1 Å². The Morgan fingerprint density at radius 1 is 1.46 bits per heavy atom. The standard InChI is InChI=1S/C11H21NS/c1-10(2)6-7-12-9-11-5-3-4-8-13-11/h6,11-12H,3-5,7-9H2,1-2H3. The van der Waals surface area contributed by atoms with Crippen LogP contribution in [0.15, 0.2) is 11.6 Å². The molecule has 0 aliphatic carbocycles. The van der Waals surface area contributed by atoms with Crippen LogP contribution >= 0.6 is 11.8 Å². The fraction of sp³-hybridized carbons (Fsp3) is 0.818. The van der Waals surface area contributed by atoms with Crippen molar-refractivity contribution in [3.05, 3.63) is 11.6 Å². The third kappa shape index (κ3) is 5.37. The summed E-state index contributed by atoms with van der Waals surface area (Å²) in [5.74, 6) is 1.37. The van der Waals surface area contributed by atoms with Gasteiger partial charge in [0.2, 0.25) is 0 Å². The van der Waals surface area contributed by atoms with Gasteiger partial charge >= 0.3 is 0 Å². The number of thioether (sulfide) groups is 1. The second kappa shape index (κ2) is 6.50. The zero-order valence-electron chi connectivity index (χ0n) is 8.81. The number of hydrogen-bond acceptors (Lipinski definition) is 2. The SMILES string of the molecule is CC(C)=CCNCC1CCCCS1. The first-order chi connectivity index (χ1) is 6.29. The van der Waals surface area contributed by atoms with Crippen molar-refractivity contribution in [1.29, 1.82) is 0 Å². The summed E-state index contributed by atoms with van der Waals surface area (Å²) in [5.41, 5.74) is 1.41. The normalized spacial score (nSPS) is 22.8. The number of allylic oxidation sites excluding steroid dienone is 1. The third-order valence-corrected chi connectivity index (χ3v) is 3.70.